The van der Waals surface area contributed by atoms with Gasteiger partial charge in [-0.25, -0.2) is 4.39 Å². The fraction of sp³-hybridized carbons (Fsp3) is 0.120. The van der Waals surface area contributed by atoms with E-state index >= 15 is 0 Å². The van der Waals surface area contributed by atoms with Gasteiger partial charge in [0.15, 0.2) is 0 Å². The van der Waals surface area contributed by atoms with Crippen molar-refractivity contribution >= 4 is 17.5 Å². The molecule has 5 rings (SSSR count). The summed E-state index contributed by atoms with van der Waals surface area (Å²) in [6.45, 7) is 1.99. The number of carbonyl (C=O) groups is 1. The van der Waals surface area contributed by atoms with Gasteiger partial charge in [0, 0.05) is 22.7 Å². The van der Waals surface area contributed by atoms with Crippen LogP contribution in [0.1, 0.15) is 38.8 Å². The maximum atomic E-state index is 13.4. The fourth-order valence-corrected chi connectivity index (χ4v) is 4.41. The Balaban J connectivity index is 1.68. The molecule has 0 saturated heterocycles. The first-order chi connectivity index (χ1) is 15.8. The summed E-state index contributed by atoms with van der Waals surface area (Å²) in [4.78, 5) is 15.0. The average molecular weight is 464 g/mol. The van der Waals surface area contributed by atoms with Crippen molar-refractivity contribution in [3.63, 3.8) is 0 Å². The molecule has 0 aliphatic carbocycles. The van der Waals surface area contributed by atoms with Crippen LogP contribution < -0.4 is 0 Å². The number of aryl methyl sites for hydroxylation is 1. The Labute approximate surface area is 193 Å². The quantitative estimate of drug-likeness (QED) is 0.381. The van der Waals surface area contributed by atoms with Crippen molar-refractivity contribution in [2.75, 3.05) is 0 Å². The lowest BCUT2D eigenvalue weighted by atomic mass is 9.95. The number of aromatic hydroxyl groups is 2. The third-order valence-corrected chi connectivity index (χ3v) is 6.26. The van der Waals surface area contributed by atoms with Crippen LogP contribution in [0.25, 0.3) is 11.3 Å². The van der Waals surface area contributed by atoms with Gasteiger partial charge in [-0.05, 0) is 60.0 Å². The topological polar surface area (TPSA) is 89.4 Å². The molecule has 33 heavy (non-hydrogen) atoms. The van der Waals surface area contributed by atoms with Crippen molar-refractivity contribution < 1.29 is 19.4 Å². The third-order valence-electron chi connectivity index (χ3n) is 5.85. The molecule has 0 spiro atoms. The van der Waals surface area contributed by atoms with E-state index in [0.29, 0.717) is 33.0 Å². The predicted octanol–water partition coefficient (Wildman–Crippen LogP) is 5.33. The number of benzene rings is 3. The second kappa shape index (κ2) is 7.94. The monoisotopic (exact) mass is 463 g/mol. The van der Waals surface area contributed by atoms with E-state index in [0.717, 1.165) is 5.56 Å². The van der Waals surface area contributed by atoms with Crippen LogP contribution in [0.5, 0.6) is 11.5 Å². The molecule has 1 atom stereocenters. The highest BCUT2D eigenvalue weighted by Gasteiger charge is 2.42. The number of carbonyl (C=O) groups excluding carboxylic acids is 1. The summed E-state index contributed by atoms with van der Waals surface area (Å²) in [5, 5.41) is 28.4. The van der Waals surface area contributed by atoms with Crippen molar-refractivity contribution in [3.05, 3.63) is 99.5 Å². The van der Waals surface area contributed by atoms with Crippen LogP contribution >= 0.6 is 11.6 Å². The number of phenols is 2. The molecule has 1 amide bonds. The molecule has 166 valence electrons. The molecule has 1 unspecified atom stereocenters. The first kappa shape index (κ1) is 21.0. The van der Waals surface area contributed by atoms with Gasteiger partial charge < -0.3 is 15.1 Å². The molecule has 8 heteroatoms. The molecule has 1 aliphatic rings. The Morgan fingerprint density at radius 1 is 1.12 bits per heavy atom. The number of hydrogen-bond acceptors (Lipinski definition) is 4. The zero-order chi connectivity index (χ0) is 23.3. The average Bonchev–Trinajstić information content (AvgIpc) is 3.32. The van der Waals surface area contributed by atoms with Crippen molar-refractivity contribution in [2.24, 2.45) is 0 Å². The van der Waals surface area contributed by atoms with E-state index in [-0.39, 0.29) is 35.5 Å². The molecule has 2 heterocycles. The Morgan fingerprint density at radius 2 is 1.88 bits per heavy atom. The standard InChI is InChI=1S/C25H19ClFN3O3/c1-13-9-20(32)18(11-19(13)26)22-21-23(29-28-22)25(33)30(12-14-5-7-16(27)8-6-14)24(21)15-3-2-4-17(31)10-15/h2-11,24,31-32H,12H2,1H3,(H,28,29). The minimum atomic E-state index is -0.599. The molecule has 6 nitrogen and oxygen atoms in total. The summed E-state index contributed by atoms with van der Waals surface area (Å²) in [5.41, 5.74) is 3.78. The lowest BCUT2D eigenvalue weighted by Gasteiger charge is -2.26. The van der Waals surface area contributed by atoms with Crippen LogP contribution in [0.4, 0.5) is 4.39 Å². The molecule has 1 aliphatic heterocycles. The van der Waals surface area contributed by atoms with Gasteiger partial charge in [0.25, 0.3) is 5.91 Å². The third kappa shape index (κ3) is 3.60. The molecular weight excluding hydrogens is 445 g/mol. The van der Waals surface area contributed by atoms with E-state index in [4.69, 9.17) is 11.6 Å². The number of hydrogen-bond donors (Lipinski definition) is 3. The van der Waals surface area contributed by atoms with E-state index in [1.165, 1.54) is 12.1 Å². The Bertz CT molecular complexity index is 1380. The van der Waals surface area contributed by atoms with Crippen molar-refractivity contribution in [2.45, 2.75) is 19.5 Å². The summed E-state index contributed by atoms with van der Waals surface area (Å²) < 4.78 is 13.4. The van der Waals surface area contributed by atoms with Gasteiger partial charge in [0.05, 0.1) is 6.04 Å². The second-order valence-corrected chi connectivity index (χ2v) is 8.44. The molecule has 4 aromatic rings. The predicted molar refractivity (Wildman–Crippen MR) is 122 cm³/mol. The smallest absolute Gasteiger partial charge is 0.273 e. The Hall–Kier alpha value is -3.84. The molecule has 3 aromatic carbocycles. The van der Waals surface area contributed by atoms with Gasteiger partial charge in [-0.2, -0.15) is 5.10 Å². The lowest BCUT2D eigenvalue weighted by molar-refractivity contribution is 0.0730. The normalized spacial score (nSPS) is 15.2. The van der Waals surface area contributed by atoms with Crippen LogP contribution in [0.3, 0.4) is 0 Å². The zero-order valence-corrected chi connectivity index (χ0v) is 18.3. The van der Waals surface area contributed by atoms with Crippen LogP contribution in [0.15, 0.2) is 60.7 Å². The van der Waals surface area contributed by atoms with Crippen LogP contribution in [-0.4, -0.2) is 31.2 Å². The SMILES string of the molecule is Cc1cc(O)c(-c2n[nH]c3c2C(c2cccc(O)c2)N(Cc2ccc(F)cc2)C3=O)cc1Cl. The van der Waals surface area contributed by atoms with Gasteiger partial charge in [-0.3, -0.25) is 9.89 Å². The molecule has 3 N–H and O–H groups in total. The van der Waals surface area contributed by atoms with Gasteiger partial charge in [-0.15, -0.1) is 0 Å². The minimum Gasteiger partial charge on any atom is -0.508 e. The number of nitrogens with one attached hydrogen (secondary N) is 1. The Morgan fingerprint density at radius 3 is 2.61 bits per heavy atom. The number of aromatic amines is 1. The molecular formula is C25H19ClFN3O3. The summed E-state index contributed by atoms with van der Waals surface area (Å²) in [6.07, 6.45) is 0. The number of nitrogens with zero attached hydrogens (tertiary/aromatic N) is 2. The van der Waals surface area contributed by atoms with Crippen molar-refractivity contribution in [1.29, 1.82) is 0 Å². The van der Waals surface area contributed by atoms with E-state index < -0.39 is 6.04 Å². The van der Waals surface area contributed by atoms with Crippen LogP contribution in [-0.2, 0) is 6.54 Å². The molecule has 1 aromatic heterocycles. The number of aromatic nitrogens is 2. The highest BCUT2D eigenvalue weighted by atomic mass is 35.5. The first-order valence-corrected chi connectivity index (χ1v) is 10.6. The van der Waals surface area contributed by atoms with E-state index in [2.05, 4.69) is 10.2 Å². The number of phenolic OH excluding ortho intramolecular Hbond substituents is 2. The first-order valence-electron chi connectivity index (χ1n) is 10.3. The second-order valence-electron chi connectivity index (χ2n) is 8.04. The van der Waals surface area contributed by atoms with Gasteiger partial charge in [-0.1, -0.05) is 35.9 Å². The number of halogens is 2. The summed E-state index contributed by atoms with van der Waals surface area (Å²) in [5.74, 6) is -0.606. The summed E-state index contributed by atoms with van der Waals surface area (Å²) in [7, 11) is 0. The summed E-state index contributed by atoms with van der Waals surface area (Å²) >= 11 is 6.32. The largest absolute Gasteiger partial charge is 0.508 e. The molecule has 0 radical (unpaired) electrons. The van der Waals surface area contributed by atoms with E-state index in [1.807, 2.05) is 6.07 Å². The number of H-pyrrole nitrogens is 1. The maximum Gasteiger partial charge on any atom is 0.273 e. The van der Waals surface area contributed by atoms with Crippen LogP contribution in [0, 0.1) is 12.7 Å². The maximum absolute atomic E-state index is 13.4. The molecule has 0 bridgehead atoms. The molecule has 0 fully saturated rings. The van der Waals surface area contributed by atoms with Crippen molar-refractivity contribution in [3.8, 4) is 22.8 Å². The highest BCUT2D eigenvalue weighted by Crippen LogP contribution is 2.46. The van der Waals surface area contributed by atoms with Gasteiger partial charge >= 0.3 is 0 Å². The van der Waals surface area contributed by atoms with E-state index in [1.54, 1.807) is 54.3 Å². The van der Waals surface area contributed by atoms with Crippen molar-refractivity contribution in [1.82, 2.24) is 15.1 Å². The van der Waals surface area contributed by atoms with Gasteiger partial charge in [0.1, 0.15) is 28.7 Å². The zero-order valence-electron chi connectivity index (χ0n) is 17.5. The minimum absolute atomic E-state index is 0.00899. The van der Waals surface area contributed by atoms with Crippen LogP contribution in [0.2, 0.25) is 5.02 Å². The van der Waals surface area contributed by atoms with E-state index in [9.17, 15) is 19.4 Å². The number of fused-ring (bicyclic) bond motifs is 1. The number of amides is 1. The highest BCUT2D eigenvalue weighted by molar-refractivity contribution is 6.31. The number of rotatable bonds is 4. The fourth-order valence-electron chi connectivity index (χ4n) is 4.25. The lowest BCUT2D eigenvalue weighted by Crippen LogP contribution is -2.29. The van der Waals surface area contributed by atoms with Gasteiger partial charge in [0.2, 0.25) is 0 Å². The summed E-state index contributed by atoms with van der Waals surface area (Å²) in [6, 6.07) is 15.2. The molecule has 0 saturated carbocycles. The Kier molecular flexibility index (Phi) is 5.06.